The highest BCUT2D eigenvalue weighted by molar-refractivity contribution is 5.88. The van der Waals surface area contributed by atoms with Crippen LogP contribution in [0.4, 0.5) is 0 Å². The van der Waals surface area contributed by atoms with Gasteiger partial charge in [-0.25, -0.2) is 0 Å². The average molecular weight is 228 g/mol. The summed E-state index contributed by atoms with van der Waals surface area (Å²) in [5.41, 5.74) is -0.736. The molecule has 96 valence electrons. The SMILES string of the molecule is CC(C)(C)CC(C)(C)[C@@H](O)C(=O)C(C)(C)C. The van der Waals surface area contributed by atoms with E-state index in [1.165, 1.54) is 0 Å². The smallest absolute Gasteiger partial charge is 0.167 e. The summed E-state index contributed by atoms with van der Waals surface area (Å²) in [7, 11) is 0. The monoisotopic (exact) mass is 228 g/mol. The lowest BCUT2D eigenvalue weighted by molar-refractivity contribution is -0.142. The third-order valence-corrected chi connectivity index (χ3v) is 2.71. The van der Waals surface area contributed by atoms with Gasteiger partial charge in [-0.2, -0.15) is 0 Å². The van der Waals surface area contributed by atoms with Crippen molar-refractivity contribution < 1.29 is 9.90 Å². The Morgan fingerprint density at radius 2 is 1.38 bits per heavy atom. The van der Waals surface area contributed by atoms with Crippen molar-refractivity contribution in [2.75, 3.05) is 0 Å². The van der Waals surface area contributed by atoms with E-state index in [9.17, 15) is 9.90 Å². The minimum absolute atomic E-state index is 0.0678. The first kappa shape index (κ1) is 15.6. The maximum atomic E-state index is 12.0. The van der Waals surface area contributed by atoms with E-state index >= 15 is 0 Å². The first-order valence-electron chi connectivity index (χ1n) is 6.00. The summed E-state index contributed by atoms with van der Waals surface area (Å²) < 4.78 is 0. The summed E-state index contributed by atoms with van der Waals surface area (Å²) in [6.45, 7) is 15.9. The van der Waals surface area contributed by atoms with Gasteiger partial charge in [-0.3, -0.25) is 4.79 Å². The van der Waals surface area contributed by atoms with Crippen LogP contribution in [0.5, 0.6) is 0 Å². The summed E-state index contributed by atoms with van der Waals surface area (Å²) >= 11 is 0. The van der Waals surface area contributed by atoms with Crippen LogP contribution in [0, 0.1) is 16.2 Å². The minimum atomic E-state index is -0.883. The van der Waals surface area contributed by atoms with Gasteiger partial charge in [0.1, 0.15) is 6.10 Å². The van der Waals surface area contributed by atoms with Crippen LogP contribution in [0.25, 0.3) is 0 Å². The minimum Gasteiger partial charge on any atom is -0.385 e. The number of carbonyl (C=O) groups excluding carboxylic acids is 1. The molecule has 0 saturated carbocycles. The van der Waals surface area contributed by atoms with Gasteiger partial charge < -0.3 is 5.11 Å². The number of carbonyl (C=O) groups is 1. The van der Waals surface area contributed by atoms with Gasteiger partial charge in [-0.05, 0) is 17.3 Å². The Kier molecular flexibility index (Phi) is 4.38. The van der Waals surface area contributed by atoms with Crippen molar-refractivity contribution in [1.82, 2.24) is 0 Å². The van der Waals surface area contributed by atoms with Crippen molar-refractivity contribution >= 4 is 5.78 Å². The Hall–Kier alpha value is -0.370. The Bertz CT molecular complexity index is 251. The number of hydrogen-bond acceptors (Lipinski definition) is 2. The highest BCUT2D eigenvalue weighted by atomic mass is 16.3. The van der Waals surface area contributed by atoms with E-state index in [0.29, 0.717) is 0 Å². The molecule has 0 aromatic rings. The third-order valence-electron chi connectivity index (χ3n) is 2.71. The largest absolute Gasteiger partial charge is 0.385 e. The predicted molar refractivity (Wildman–Crippen MR) is 68.3 cm³/mol. The van der Waals surface area contributed by atoms with E-state index in [0.717, 1.165) is 6.42 Å². The maximum absolute atomic E-state index is 12.0. The first-order chi connectivity index (χ1) is 6.77. The molecule has 0 spiro atoms. The fraction of sp³-hybridized carbons (Fsp3) is 0.929. The number of hydrogen-bond donors (Lipinski definition) is 1. The number of rotatable bonds is 3. The van der Waals surface area contributed by atoms with Crippen LogP contribution >= 0.6 is 0 Å². The van der Waals surface area contributed by atoms with Gasteiger partial charge in [0.25, 0.3) is 0 Å². The van der Waals surface area contributed by atoms with Crippen LogP contribution in [-0.2, 0) is 4.79 Å². The van der Waals surface area contributed by atoms with Crippen LogP contribution in [0.2, 0.25) is 0 Å². The zero-order valence-electron chi connectivity index (χ0n) is 12.1. The zero-order valence-corrected chi connectivity index (χ0v) is 12.1. The van der Waals surface area contributed by atoms with Crippen molar-refractivity contribution in [3.8, 4) is 0 Å². The van der Waals surface area contributed by atoms with Gasteiger partial charge in [-0.1, -0.05) is 55.4 Å². The van der Waals surface area contributed by atoms with Gasteiger partial charge in [0.15, 0.2) is 5.78 Å². The van der Waals surface area contributed by atoms with E-state index in [1.54, 1.807) is 0 Å². The molecule has 0 fully saturated rings. The number of ketones is 1. The van der Waals surface area contributed by atoms with Gasteiger partial charge in [0.2, 0.25) is 0 Å². The van der Waals surface area contributed by atoms with Crippen LogP contribution < -0.4 is 0 Å². The van der Waals surface area contributed by atoms with E-state index in [4.69, 9.17) is 0 Å². The van der Waals surface area contributed by atoms with Crippen molar-refractivity contribution in [2.45, 2.75) is 67.9 Å². The van der Waals surface area contributed by atoms with Gasteiger partial charge in [0.05, 0.1) is 0 Å². The maximum Gasteiger partial charge on any atom is 0.167 e. The third kappa shape index (κ3) is 4.65. The lowest BCUT2D eigenvalue weighted by Crippen LogP contribution is -2.44. The van der Waals surface area contributed by atoms with E-state index in [-0.39, 0.29) is 16.6 Å². The van der Waals surface area contributed by atoms with Crippen LogP contribution in [0.1, 0.15) is 61.8 Å². The quantitative estimate of drug-likeness (QED) is 0.803. The molecule has 0 aromatic carbocycles. The molecule has 1 N–H and O–H groups in total. The predicted octanol–water partition coefficient (Wildman–Crippen LogP) is 3.42. The van der Waals surface area contributed by atoms with Gasteiger partial charge >= 0.3 is 0 Å². The summed E-state index contributed by atoms with van der Waals surface area (Å²) in [4.78, 5) is 12.0. The van der Waals surface area contributed by atoms with Gasteiger partial charge in [-0.15, -0.1) is 0 Å². The molecule has 0 aliphatic heterocycles. The zero-order chi connectivity index (χ0) is 13.4. The Morgan fingerprint density at radius 1 is 1.00 bits per heavy atom. The molecule has 0 rings (SSSR count). The summed E-state index contributed by atoms with van der Waals surface area (Å²) in [5, 5.41) is 10.2. The van der Waals surface area contributed by atoms with Crippen molar-refractivity contribution in [3.05, 3.63) is 0 Å². The standard InChI is InChI=1S/C14H28O2/c1-12(2,3)9-14(7,8)11(16)10(15)13(4,5)6/h11,16H,9H2,1-8H3/t11-/m0/s1. The molecule has 0 bridgehead atoms. The highest BCUT2D eigenvalue weighted by Gasteiger charge is 2.40. The molecule has 2 heteroatoms. The lowest BCUT2D eigenvalue weighted by atomic mass is 9.69. The second-order valence-corrected chi connectivity index (χ2v) is 7.74. The Balaban J connectivity index is 4.84. The molecular formula is C14H28O2. The van der Waals surface area contributed by atoms with Crippen molar-refractivity contribution in [2.24, 2.45) is 16.2 Å². The van der Waals surface area contributed by atoms with E-state index in [1.807, 2.05) is 34.6 Å². The van der Waals surface area contributed by atoms with Crippen LogP contribution in [-0.4, -0.2) is 17.0 Å². The molecule has 0 aromatic heterocycles. The molecule has 0 heterocycles. The molecule has 0 aliphatic carbocycles. The van der Waals surface area contributed by atoms with Gasteiger partial charge in [0, 0.05) is 5.41 Å². The van der Waals surface area contributed by atoms with Crippen LogP contribution in [0.15, 0.2) is 0 Å². The van der Waals surface area contributed by atoms with Crippen molar-refractivity contribution in [3.63, 3.8) is 0 Å². The Morgan fingerprint density at radius 3 is 1.62 bits per heavy atom. The molecule has 0 amide bonds. The highest BCUT2D eigenvalue weighted by Crippen LogP contribution is 2.38. The molecule has 0 unspecified atom stereocenters. The molecule has 0 aliphatic rings. The molecule has 0 radical (unpaired) electrons. The average Bonchev–Trinajstić information content (AvgIpc) is 1.95. The number of aliphatic hydroxyl groups is 1. The van der Waals surface area contributed by atoms with E-state index in [2.05, 4.69) is 20.8 Å². The molecule has 2 nitrogen and oxygen atoms in total. The number of aliphatic hydroxyl groups excluding tert-OH is 1. The fourth-order valence-corrected chi connectivity index (χ4v) is 2.23. The Labute approximate surface area is 100 Å². The fourth-order valence-electron chi connectivity index (χ4n) is 2.23. The topological polar surface area (TPSA) is 37.3 Å². The number of Topliss-reactive ketones (excluding diaryl/α,β-unsaturated/α-hetero) is 1. The molecule has 16 heavy (non-hydrogen) atoms. The molecular weight excluding hydrogens is 200 g/mol. The summed E-state index contributed by atoms with van der Waals surface area (Å²) in [6.07, 6.45) is -0.0603. The summed E-state index contributed by atoms with van der Waals surface area (Å²) in [5.74, 6) is -0.0678. The lowest BCUT2D eigenvalue weighted by Gasteiger charge is -2.37. The first-order valence-corrected chi connectivity index (χ1v) is 6.00. The molecule has 0 saturated heterocycles. The van der Waals surface area contributed by atoms with Crippen molar-refractivity contribution in [1.29, 1.82) is 0 Å². The normalized spacial score (nSPS) is 16.1. The van der Waals surface area contributed by atoms with Crippen LogP contribution in [0.3, 0.4) is 0 Å². The summed E-state index contributed by atoms with van der Waals surface area (Å²) in [6, 6.07) is 0. The second kappa shape index (κ2) is 4.48. The van der Waals surface area contributed by atoms with E-state index < -0.39 is 11.5 Å². The second-order valence-electron chi connectivity index (χ2n) is 7.74. The molecule has 1 atom stereocenters.